The number of hydrogen-bond donors (Lipinski definition) is 3. The largest absolute Gasteiger partial charge is 0.327 e. The number of sulfonamides is 1. The predicted molar refractivity (Wildman–Crippen MR) is 78.6 cm³/mol. The molecule has 0 spiro atoms. The van der Waals surface area contributed by atoms with E-state index in [0.29, 0.717) is 5.69 Å². The molecule has 0 atom stereocenters. The van der Waals surface area contributed by atoms with Crippen molar-refractivity contribution in [3.8, 4) is 0 Å². The fourth-order valence-corrected chi connectivity index (χ4v) is 2.69. The summed E-state index contributed by atoms with van der Waals surface area (Å²) < 4.78 is 26.5. The number of hydrogen-bond acceptors (Lipinski definition) is 4. The fourth-order valence-electron chi connectivity index (χ4n) is 1.63. The van der Waals surface area contributed by atoms with Crippen LogP contribution >= 0.6 is 0 Å². The molecule has 2 aromatic rings. The first-order chi connectivity index (χ1) is 9.88. The molecule has 7 nitrogen and oxygen atoms in total. The quantitative estimate of drug-likeness (QED) is 0.787. The molecular formula is C13H13N3O4S. The normalized spacial score (nSPS) is 10.9. The Balaban J connectivity index is 2.26. The Morgan fingerprint density at radius 3 is 2.38 bits per heavy atom. The van der Waals surface area contributed by atoms with Gasteiger partial charge >= 0.3 is 0 Å². The van der Waals surface area contributed by atoms with Crippen LogP contribution in [-0.2, 0) is 14.8 Å². The summed E-state index contributed by atoms with van der Waals surface area (Å²) in [5.74, 6) is -0.250. The average Bonchev–Trinajstić information content (AvgIpc) is 2.41. The van der Waals surface area contributed by atoms with Gasteiger partial charge in [0.1, 0.15) is 5.69 Å². The number of anilines is 2. The smallest absolute Gasteiger partial charge is 0.272 e. The first-order valence-electron chi connectivity index (χ1n) is 5.97. The van der Waals surface area contributed by atoms with Gasteiger partial charge in [-0.15, -0.1) is 0 Å². The number of amides is 1. The van der Waals surface area contributed by atoms with Gasteiger partial charge in [0.15, 0.2) is 0 Å². The van der Waals surface area contributed by atoms with Gasteiger partial charge in [-0.05, 0) is 36.4 Å². The van der Waals surface area contributed by atoms with Crippen molar-refractivity contribution in [3.05, 3.63) is 52.9 Å². The van der Waals surface area contributed by atoms with Gasteiger partial charge in [0.2, 0.25) is 5.91 Å². The summed E-state index contributed by atoms with van der Waals surface area (Å²) in [5, 5.41) is 2.53. The van der Waals surface area contributed by atoms with Crippen LogP contribution in [0.3, 0.4) is 0 Å². The fraction of sp³-hybridized carbons (Fsp3) is 0.0769. The van der Waals surface area contributed by atoms with E-state index in [9.17, 15) is 18.0 Å². The number of aromatic amines is 1. The molecule has 0 aliphatic carbocycles. The standard InChI is InChI=1S/C13H13N3O4S/c1-9(17)15-10-4-6-11(7-5-10)21(19,20)16-12-3-2-8-14-13(12)18/h2-8,16H,1H3,(H,14,18)(H,15,17). The summed E-state index contributed by atoms with van der Waals surface area (Å²) in [6.45, 7) is 1.36. The van der Waals surface area contributed by atoms with Crippen LogP contribution in [0.5, 0.6) is 0 Å². The highest BCUT2D eigenvalue weighted by Gasteiger charge is 2.15. The van der Waals surface area contributed by atoms with Gasteiger partial charge in [0.05, 0.1) is 4.90 Å². The van der Waals surface area contributed by atoms with Crippen LogP contribution < -0.4 is 15.6 Å². The Hall–Kier alpha value is -2.61. The number of carbonyl (C=O) groups excluding carboxylic acids is 1. The number of aromatic nitrogens is 1. The molecule has 2 rings (SSSR count). The molecule has 1 aromatic heterocycles. The third-order valence-electron chi connectivity index (χ3n) is 2.55. The second-order valence-electron chi connectivity index (χ2n) is 4.22. The number of pyridine rings is 1. The summed E-state index contributed by atoms with van der Waals surface area (Å²) in [4.78, 5) is 24.7. The highest BCUT2D eigenvalue weighted by molar-refractivity contribution is 7.92. The molecule has 110 valence electrons. The maximum atomic E-state index is 12.1. The second kappa shape index (κ2) is 5.80. The molecule has 21 heavy (non-hydrogen) atoms. The van der Waals surface area contributed by atoms with Gasteiger partial charge < -0.3 is 10.3 Å². The molecule has 0 radical (unpaired) electrons. The first-order valence-corrected chi connectivity index (χ1v) is 7.45. The summed E-state index contributed by atoms with van der Waals surface area (Å²) in [6.07, 6.45) is 1.41. The van der Waals surface area contributed by atoms with E-state index in [0.717, 1.165) is 0 Å². The van der Waals surface area contributed by atoms with Gasteiger partial charge in [-0.3, -0.25) is 14.3 Å². The van der Waals surface area contributed by atoms with E-state index in [1.807, 2.05) is 0 Å². The third-order valence-corrected chi connectivity index (χ3v) is 3.93. The molecule has 1 aromatic carbocycles. The van der Waals surface area contributed by atoms with Crippen LogP contribution in [0.2, 0.25) is 0 Å². The lowest BCUT2D eigenvalue weighted by molar-refractivity contribution is -0.114. The molecule has 1 heterocycles. The maximum absolute atomic E-state index is 12.1. The maximum Gasteiger partial charge on any atom is 0.272 e. The summed E-state index contributed by atoms with van der Waals surface area (Å²) in [5.41, 5.74) is -0.113. The van der Waals surface area contributed by atoms with Crippen LogP contribution in [-0.4, -0.2) is 19.3 Å². The van der Waals surface area contributed by atoms with Crippen molar-refractivity contribution in [1.82, 2.24) is 4.98 Å². The molecule has 3 N–H and O–H groups in total. The van der Waals surface area contributed by atoms with Crippen LogP contribution in [0.4, 0.5) is 11.4 Å². The zero-order chi connectivity index (χ0) is 15.5. The average molecular weight is 307 g/mol. The molecule has 0 unspecified atom stereocenters. The van der Waals surface area contributed by atoms with E-state index in [1.54, 1.807) is 0 Å². The minimum Gasteiger partial charge on any atom is -0.327 e. The summed E-state index contributed by atoms with van der Waals surface area (Å²) in [6, 6.07) is 8.48. The van der Waals surface area contributed by atoms with Crippen molar-refractivity contribution in [2.75, 3.05) is 10.0 Å². The van der Waals surface area contributed by atoms with Gasteiger partial charge in [-0.25, -0.2) is 8.42 Å². The molecule has 0 fully saturated rings. The Morgan fingerprint density at radius 2 is 1.81 bits per heavy atom. The van der Waals surface area contributed by atoms with E-state index in [4.69, 9.17) is 0 Å². The Morgan fingerprint density at radius 1 is 1.14 bits per heavy atom. The van der Waals surface area contributed by atoms with Crippen molar-refractivity contribution in [2.45, 2.75) is 11.8 Å². The lowest BCUT2D eigenvalue weighted by Gasteiger charge is -2.08. The van der Waals surface area contributed by atoms with Crippen molar-refractivity contribution >= 4 is 27.3 Å². The second-order valence-corrected chi connectivity index (χ2v) is 5.91. The Kier molecular flexibility index (Phi) is 4.08. The summed E-state index contributed by atoms with van der Waals surface area (Å²) in [7, 11) is -3.86. The van der Waals surface area contributed by atoms with E-state index in [1.165, 1.54) is 49.5 Å². The molecule has 8 heteroatoms. The number of carbonyl (C=O) groups is 1. The zero-order valence-electron chi connectivity index (χ0n) is 11.1. The minimum absolute atomic E-state index is 0.0140. The lowest BCUT2D eigenvalue weighted by atomic mass is 10.3. The van der Waals surface area contributed by atoms with Crippen LogP contribution in [0.1, 0.15) is 6.92 Å². The molecular weight excluding hydrogens is 294 g/mol. The molecule has 1 amide bonds. The molecule has 0 aliphatic rings. The highest BCUT2D eigenvalue weighted by Crippen LogP contribution is 2.16. The van der Waals surface area contributed by atoms with Crippen molar-refractivity contribution in [3.63, 3.8) is 0 Å². The van der Waals surface area contributed by atoms with Gasteiger partial charge in [0, 0.05) is 18.8 Å². The monoisotopic (exact) mass is 307 g/mol. The van der Waals surface area contributed by atoms with Crippen LogP contribution in [0.15, 0.2) is 52.3 Å². The van der Waals surface area contributed by atoms with Crippen molar-refractivity contribution in [1.29, 1.82) is 0 Å². The number of rotatable bonds is 4. The Labute approximate surface area is 121 Å². The zero-order valence-corrected chi connectivity index (χ0v) is 11.9. The lowest BCUT2D eigenvalue weighted by Crippen LogP contribution is -2.19. The van der Waals surface area contributed by atoms with Gasteiger partial charge in [-0.1, -0.05) is 0 Å². The molecule has 0 aliphatic heterocycles. The van der Waals surface area contributed by atoms with Crippen LogP contribution in [0, 0.1) is 0 Å². The van der Waals surface area contributed by atoms with Crippen molar-refractivity contribution < 1.29 is 13.2 Å². The topological polar surface area (TPSA) is 108 Å². The molecule has 0 saturated carbocycles. The highest BCUT2D eigenvalue weighted by atomic mass is 32.2. The number of H-pyrrole nitrogens is 1. The van der Waals surface area contributed by atoms with Crippen molar-refractivity contribution in [2.24, 2.45) is 0 Å². The number of benzene rings is 1. The summed E-state index contributed by atoms with van der Waals surface area (Å²) >= 11 is 0. The van der Waals surface area contributed by atoms with E-state index in [2.05, 4.69) is 15.0 Å². The van der Waals surface area contributed by atoms with Gasteiger partial charge in [0.25, 0.3) is 15.6 Å². The first kappa shape index (κ1) is 14.8. The minimum atomic E-state index is -3.86. The predicted octanol–water partition coefficient (Wildman–Crippen LogP) is 1.13. The number of nitrogens with one attached hydrogen (secondary N) is 3. The van der Waals surface area contributed by atoms with E-state index >= 15 is 0 Å². The van der Waals surface area contributed by atoms with Crippen LogP contribution in [0.25, 0.3) is 0 Å². The third kappa shape index (κ3) is 3.69. The molecule has 0 bridgehead atoms. The van der Waals surface area contributed by atoms with E-state index < -0.39 is 15.6 Å². The van der Waals surface area contributed by atoms with E-state index in [-0.39, 0.29) is 16.5 Å². The molecule has 0 saturated heterocycles. The van der Waals surface area contributed by atoms with Gasteiger partial charge in [-0.2, -0.15) is 0 Å². The Bertz CT molecular complexity index is 810. The SMILES string of the molecule is CC(=O)Nc1ccc(S(=O)(=O)Nc2ccc[nH]c2=O)cc1.